The summed E-state index contributed by atoms with van der Waals surface area (Å²) in [7, 11) is 3.24. The third-order valence-electron chi connectivity index (χ3n) is 6.27. The Morgan fingerprint density at radius 1 is 0.949 bits per heavy atom. The Balaban J connectivity index is 1.40. The lowest BCUT2D eigenvalue weighted by Gasteiger charge is -2.12. The monoisotopic (exact) mass is 538 g/mol. The van der Waals surface area contributed by atoms with Gasteiger partial charge in [-0.3, -0.25) is 0 Å². The van der Waals surface area contributed by atoms with Crippen LogP contribution in [0.4, 0.5) is 5.95 Å². The molecule has 0 atom stereocenters. The molecule has 0 unspecified atom stereocenters. The number of nitrogens with one attached hydrogen (secondary N) is 1. The highest BCUT2D eigenvalue weighted by Gasteiger charge is 2.21. The predicted octanol–water partition coefficient (Wildman–Crippen LogP) is 6.04. The van der Waals surface area contributed by atoms with Gasteiger partial charge in [0.15, 0.2) is 22.9 Å². The Kier molecular flexibility index (Phi) is 6.68. The normalized spacial score (nSPS) is 11.2. The highest BCUT2D eigenvalue weighted by Crippen LogP contribution is 2.34. The number of thiazole rings is 1. The molecule has 9 nitrogen and oxygen atoms in total. The van der Waals surface area contributed by atoms with E-state index in [1.54, 1.807) is 36.3 Å². The highest BCUT2D eigenvalue weighted by atomic mass is 32.1. The van der Waals surface area contributed by atoms with Crippen molar-refractivity contribution in [1.82, 2.24) is 24.6 Å². The molecule has 6 aromatic rings. The van der Waals surface area contributed by atoms with Crippen LogP contribution >= 0.6 is 11.3 Å². The topological polar surface area (TPSA) is 99.6 Å². The molecule has 0 saturated heterocycles. The highest BCUT2D eigenvalue weighted by molar-refractivity contribution is 7.12. The van der Waals surface area contributed by atoms with E-state index in [1.807, 2.05) is 49.5 Å². The number of hydrogen-bond acceptors (Lipinski definition) is 9. The predicted molar refractivity (Wildman–Crippen MR) is 150 cm³/mol. The Morgan fingerprint density at radius 3 is 2.56 bits per heavy atom. The maximum absolute atomic E-state index is 5.60. The molecule has 2 aromatic carbocycles. The van der Waals surface area contributed by atoms with Crippen LogP contribution in [0.25, 0.3) is 28.5 Å². The minimum atomic E-state index is 0.472. The molecular formula is C29H26N6O3S. The van der Waals surface area contributed by atoms with E-state index in [0.717, 1.165) is 33.1 Å². The van der Waals surface area contributed by atoms with E-state index >= 15 is 0 Å². The molecule has 0 fully saturated rings. The first-order chi connectivity index (χ1) is 19.1. The largest absolute Gasteiger partial charge is 0.493 e. The Hall–Kier alpha value is -4.70. The Labute approximate surface area is 229 Å². The van der Waals surface area contributed by atoms with Gasteiger partial charge in [-0.25, -0.2) is 15.0 Å². The van der Waals surface area contributed by atoms with Crippen LogP contribution in [0.1, 0.15) is 21.0 Å². The molecule has 0 radical (unpaired) electrons. The van der Waals surface area contributed by atoms with Gasteiger partial charge in [-0.15, -0.1) is 16.4 Å². The van der Waals surface area contributed by atoms with E-state index < -0.39 is 0 Å². The van der Waals surface area contributed by atoms with Crippen molar-refractivity contribution in [3.63, 3.8) is 0 Å². The number of methoxy groups -OCH3 is 2. The van der Waals surface area contributed by atoms with Crippen molar-refractivity contribution in [2.45, 2.75) is 19.9 Å². The van der Waals surface area contributed by atoms with Crippen molar-refractivity contribution >= 4 is 22.9 Å². The van der Waals surface area contributed by atoms with Gasteiger partial charge in [0.25, 0.3) is 0 Å². The summed E-state index contributed by atoms with van der Waals surface area (Å²) in [4.78, 5) is 15.6. The first-order valence-electron chi connectivity index (χ1n) is 12.4. The maximum atomic E-state index is 5.60. The van der Waals surface area contributed by atoms with Crippen molar-refractivity contribution < 1.29 is 13.9 Å². The van der Waals surface area contributed by atoms with Gasteiger partial charge in [0.05, 0.1) is 36.7 Å². The summed E-state index contributed by atoms with van der Waals surface area (Å²) in [5.41, 5.74) is 4.54. The second kappa shape index (κ2) is 10.6. The van der Waals surface area contributed by atoms with Crippen LogP contribution in [0, 0.1) is 6.92 Å². The number of aryl methyl sites for hydroxylation is 1. The van der Waals surface area contributed by atoms with E-state index in [0.29, 0.717) is 41.2 Å². The van der Waals surface area contributed by atoms with Crippen LogP contribution in [0.5, 0.6) is 11.5 Å². The van der Waals surface area contributed by atoms with Gasteiger partial charge in [-0.05, 0) is 42.3 Å². The summed E-state index contributed by atoms with van der Waals surface area (Å²) in [5, 5.41) is 9.13. The molecule has 6 rings (SSSR count). The molecule has 39 heavy (non-hydrogen) atoms. The molecule has 4 heterocycles. The fraction of sp³-hybridized carbons (Fsp3) is 0.172. The first kappa shape index (κ1) is 24.6. The van der Waals surface area contributed by atoms with E-state index in [4.69, 9.17) is 33.9 Å². The molecule has 4 aromatic heterocycles. The van der Waals surface area contributed by atoms with Gasteiger partial charge in [0, 0.05) is 24.0 Å². The molecule has 0 amide bonds. The van der Waals surface area contributed by atoms with Crippen LogP contribution in [0.15, 0.2) is 77.5 Å². The number of aromatic nitrogens is 5. The summed E-state index contributed by atoms with van der Waals surface area (Å²) in [5.74, 6) is 2.94. The second-order valence-electron chi connectivity index (χ2n) is 8.85. The number of benzene rings is 2. The van der Waals surface area contributed by atoms with E-state index in [-0.39, 0.29) is 0 Å². The zero-order valence-electron chi connectivity index (χ0n) is 21.7. The minimum absolute atomic E-state index is 0.472. The smallest absolute Gasteiger partial charge is 0.226 e. The molecule has 0 aliphatic carbocycles. The minimum Gasteiger partial charge on any atom is -0.493 e. The molecule has 196 valence electrons. The van der Waals surface area contributed by atoms with Gasteiger partial charge < -0.3 is 19.2 Å². The summed E-state index contributed by atoms with van der Waals surface area (Å²) >= 11 is 1.68. The average Bonchev–Trinajstić information content (AvgIpc) is 3.72. The first-order valence-corrected chi connectivity index (χ1v) is 13.2. The lowest BCUT2D eigenvalue weighted by molar-refractivity contribution is 0.354. The quantitative estimate of drug-likeness (QED) is 0.238. The number of rotatable bonds is 9. The van der Waals surface area contributed by atoms with Crippen molar-refractivity contribution in [3.05, 3.63) is 94.1 Å². The number of anilines is 1. The van der Waals surface area contributed by atoms with Crippen molar-refractivity contribution in [1.29, 1.82) is 0 Å². The third kappa shape index (κ3) is 4.94. The van der Waals surface area contributed by atoms with Crippen LogP contribution in [-0.4, -0.2) is 38.8 Å². The van der Waals surface area contributed by atoms with E-state index in [1.165, 1.54) is 5.56 Å². The SMILES string of the molecule is COc1ccc(CNc2ncc(-c3nc(C)sc3Cc3ccccc3)c3nc(-c4ccco4)nn23)cc1OC. The van der Waals surface area contributed by atoms with Crippen LogP contribution in [0.3, 0.4) is 0 Å². The van der Waals surface area contributed by atoms with E-state index in [9.17, 15) is 0 Å². The molecule has 0 spiro atoms. The summed E-state index contributed by atoms with van der Waals surface area (Å²) < 4.78 is 18.1. The van der Waals surface area contributed by atoms with Crippen LogP contribution < -0.4 is 14.8 Å². The number of furan rings is 1. The number of hydrogen-bond donors (Lipinski definition) is 1. The average molecular weight is 539 g/mol. The maximum Gasteiger partial charge on any atom is 0.226 e. The number of nitrogens with zero attached hydrogens (tertiary/aromatic N) is 5. The van der Waals surface area contributed by atoms with Gasteiger partial charge in [0.2, 0.25) is 11.8 Å². The van der Waals surface area contributed by atoms with Crippen LogP contribution in [-0.2, 0) is 13.0 Å². The van der Waals surface area contributed by atoms with Crippen molar-refractivity contribution in [3.8, 4) is 34.3 Å². The second-order valence-corrected chi connectivity index (χ2v) is 10.1. The number of ether oxygens (including phenoxy) is 2. The summed E-state index contributed by atoms with van der Waals surface area (Å²) in [6, 6.07) is 19.8. The van der Waals surface area contributed by atoms with E-state index in [2.05, 4.69) is 29.6 Å². The summed E-state index contributed by atoms with van der Waals surface area (Å²) in [6.45, 7) is 2.51. The molecular weight excluding hydrogens is 512 g/mol. The number of fused-ring (bicyclic) bond motifs is 1. The summed E-state index contributed by atoms with van der Waals surface area (Å²) in [6.07, 6.45) is 4.19. The lowest BCUT2D eigenvalue weighted by Crippen LogP contribution is -2.08. The molecule has 0 bridgehead atoms. The van der Waals surface area contributed by atoms with Gasteiger partial charge in [0.1, 0.15) is 0 Å². The van der Waals surface area contributed by atoms with Gasteiger partial charge in [-0.2, -0.15) is 4.52 Å². The zero-order chi connectivity index (χ0) is 26.8. The van der Waals surface area contributed by atoms with Gasteiger partial charge >= 0.3 is 0 Å². The van der Waals surface area contributed by atoms with Gasteiger partial charge in [-0.1, -0.05) is 36.4 Å². The Bertz CT molecular complexity index is 1730. The third-order valence-corrected chi connectivity index (χ3v) is 7.24. The fourth-order valence-electron chi connectivity index (χ4n) is 4.42. The molecule has 0 aliphatic heterocycles. The van der Waals surface area contributed by atoms with Crippen LogP contribution in [0.2, 0.25) is 0 Å². The standard InChI is InChI=1S/C29H26N6O3S/c1-18-32-26(25(39-18)15-19-8-5-4-6-9-19)21-17-31-29(30-16-20-11-12-22(36-2)24(14-20)37-3)35-28(21)33-27(34-35)23-10-7-13-38-23/h4-14,17H,15-16H2,1-3H3,(H,30,31). The van der Waals surface area contributed by atoms with Crippen molar-refractivity contribution in [2.75, 3.05) is 19.5 Å². The molecule has 0 aliphatic rings. The molecule has 1 N–H and O–H groups in total. The van der Waals surface area contributed by atoms with Crippen molar-refractivity contribution in [2.24, 2.45) is 0 Å². The fourth-order valence-corrected chi connectivity index (χ4v) is 5.41. The lowest BCUT2D eigenvalue weighted by atomic mass is 10.1. The zero-order valence-corrected chi connectivity index (χ0v) is 22.5. The molecule has 0 saturated carbocycles. The molecule has 10 heteroatoms. The Morgan fingerprint density at radius 2 is 1.79 bits per heavy atom.